The maximum atomic E-state index is 12.3. The van der Waals surface area contributed by atoms with E-state index in [4.69, 9.17) is 4.74 Å². The van der Waals surface area contributed by atoms with Gasteiger partial charge in [-0.3, -0.25) is 9.10 Å². The molecule has 0 fully saturated rings. The van der Waals surface area contributed by atoms with Gasteiger partial charge in [-0.2, -0.15) is 5.10 Å². The van der Waals surface area contributed by atoms with Crippen LogP contribution in [0.4, 0.5) is 5.69 Å². The standard InChI is InChI=1S/C20H25N3O4S/c1-14-6-11-19(15(2)12-14)23(28(5,25)26)13-20(24)22-21-16(3)17-7-9-18(27-4)10-8-17/h6-12H,13H2,1-5H3,(H,22,24)/b21-16-. The minimum absolute atomic E-state index is 0.359. The molecule has 0 heterocycles. The van der Waals surface area contributed by atoms with E-state index in [1.54, 1.807) is 32.2 Å². The molecule has 1 amide bonds. The summed E-state index contributed by atoms with van der Waals surface area (Å²) in [5.74, 6) is 0.191. The lowest BCUT2D eigenvalue weighted by Crippen LogP contribution is -2.39. The highest BCUT2D eigenvalue weighted by atomic mass is 32.2. The van der Waals surface area contributed by atoms with Crippen molar-refractivity contribution in [2.24, 2.45) is 5.10 Å². The lowest BCUT2D eigenvalue weighted by Gasteiger charge is -2.23. The van der Waals surface area contributed by atoms with Gasteiger partial charge in [0, 0.05) is 0 Å². The van der Waals surface area contributed by atoms with Crippen LogP contribution in [0.15, 0.2) is 47.6 Å². The predicted octanol–water partition coefficient (Wildman–Crippen LogP) is 2.62. The van der Waals surface area contributed by atoms with Gasteiger partial charge in [-0.1, -0.05) is 17.7 Å². The fourth-order valence-electron chi connectivity index (χ4n) is 2.68. The van der Waals surface area contributed by atoms with Crippen LogP contribution in [0.3, 0.4) is 0 Å². The Morgan fingerprint density at radius 3 is 2.32 bits per heavy atom. The fourth-order valence-corrected chi connectivity index (χ4v) is 3.59. The minimum atomic E-state index is -3.64. The van der Waals surface area contributed by atoms with Gasteiger partial charge in [-0.25, -0.2) is 13.8 Å². The molecule has 8 heteroatoms. The van der Waals surface area contributed by atoms with Crippen LogP contribution in [-0.4, -0.2) is 39.9 Å². The second-order valence-corrected chi connectivity index (χ2v) is 8.43. The van der Waals surface area contributed by atoms with E-state index in [0.29, 0.717) is 11.4 Å². The number of amides is 1. The Labute approximate surface area is 166 Å². The van der Waals surface area contributed by atoms with Crippen molar-refractivity contribution in [1.29, 1.82) is 0 Å². The van der Waals surface area contributed by atoms with Gasteiger partial charge in [0.1, 0.15) is 12.3 Å². The number of rotatable bonds is 7. The first kappa shape index (κ1) is 21.4. The summed E-state index contributed by atoms with van der Waals surface area (Å²) in [6.07, 6.45) is 1.07. The van der Waals surface area contributed by atoms with Crippen molar-refractivity contribution in [2.45, 2.75) is 20.8 Å². The summed E-state index contributed by atoms with van der Waals surface area (Å²) in [7, 11) is -2.05. The summed E-state index contributed by atoms with van der Waals surface area (Å²) in [5, 5.41) is 4.07. The molecule has 2 aromatic rings. The Balaban J connectivity index is 2.15. The van der Waals surface area contributed by atoms with Gasteiger partial charge in [0.25, 0.3) is 5.91 Å². The molecule has 0 atom stereocenters. The number of anilines is 1. The average molecular weight is 404 g/mol. The third kappa shape index (κ3) is 5.56. The summed E-state index contributed by atoms with van der Waals surface area (Å²) in [6, 6.07) is 12.6. The Kier molecular flexibility index (Phi) is 6.80. The van der Waals surface area contributed by atoms with Crippen LogP contribution >= 0.6 is 0 Å². The summed E-state index contributed by atoms with van der Waals surface area (Å²) in [6.45, 7) is 5.12. The highest BCUT2D eigenvalue weighted by Crippen LogP contribution is 2.23. The summed E-state index contributed by atoms with van der Waals surface area (Å²) < 4.78 is 30.6. The molecule has 0 unspecified atom stereocenters. The van der Waals surface area contributed by atoms with Crippen LogP contribution in [0.25, 0.3) is 0 Å². The Hall–Kier alpha value is -2.87. The van der Waals surface area contributed by atoms with Gasteiger partial charge in [0.15, 0.2) is 0 Å². The topological polar surface area (TPSA) is 88.1 Å². The number of carbonyl (C=O) groups excluding carboxylic acids is 1. The fraction of sp³-hybridized carbons (Fsp3) is 0.300. The van der Waals surface area contributed by atoms with Crippen molar-refractivity contribution in [3.63, 3.8) is 0 Å². The molecular weight excluding hydrogens is 378 g/mol. The highest BCUT2D eigenvalue weighted by molar-refractivity contribution is 7.92. The lowest BCUT2D eigenvalue weighted by atomic mass is 10.1. The van der Waals surface area contributed by atoms with E-state index in [2.05, 4.69) is 10.5 Å². The molecule has 0 bridgehead atoms. The van der Waals surface area contributed by atoms with Crippen LogP contribution < -0.4 is 14.5 Å². The number of nitrogens with zero attached hydrogens (tertiary/aromatic N) is 2. The van der Waals surface area contributed by atoms with E-state index in [1.807, 2.05) is 38.1 Å². The first-order chi connectivity index (χ1) is 13.1. The van der Waals surface area contributed by atoms with Crippen LogP contribution in [-0.2, 0) is 14.8 Å². The number of carbonyl (C=O) groups is 1. The smallest absolute Gasteiger partial charge is 0.260 e. The number of nitrogens with one attached hydrogen (secondary N) is 1. The number of sulfonamides is 1. The van der Waals surface area contributed by atoms with Gasteiger partial charge >= 0.3 is 0 Å². The molecule has 150 valence electrons. The maximum absolute atomic E-state index is 12.3. The van der Waals surface area contributed by atoms with Crippen molar-refractivity contribution in [2.75, 3.05) is 24.2 Å². The average Bonchev–Trinajstić information content (AvgIpc) is 2.64. The number of benzene rings is 2. The van der Waals surface area contributed by atoms with E-state index in [1.165, 1.54) is 0 Å². The number of methoxy groups -OCH3 is 1. The summed E-state index contributed by atoms with van der Waals surface area (Å²) in [4.78, 5) is 12.3. The Morgan fingerprint density at radius 2 is 1.79 bits per heavy atom. The predicted molar refractivity (Wildman–Crippen MR) is 111 cm³/mol. The number of hydrazone groups is 1. The van der Waals surface area contributed by atoms with Gasteiger partial charge in [-0.05, 0) is 62.2 Å². The third-order valence-electron chi connectivity index (χ3n) is 4.16. The molecule has 0 aromatic heterocycles. The number of aryl methyl sites for hydroxylation is 2. The Morgan fingerprint density at radius 1 is 1.14 bits per heavy atom. The van der Waals surface area contributed by atoms with E-state index < -0.39 is 15.9 Å². The zero-order valence-corrected chi connectivity index (χ0v) is 17.5. The number of hydrogen-bond donors (Lipinski definition) is 1. The van der Waals surface area contributed by atoms with E-state index >= 15 is 0 Å². The summed E-state index contributed by atoms with van der Waals surface area (Å²) >= 11 is 0. The lowest BCUT2D eigenvalue weighted by molar-refractivity contribution is -0.119. The Bertz CT molecular complexity index is 983. The molecule has 7 nitrogen and oxygen atoms in total. The number of ether oxygens (including phenoxy) is 1. The van der Waals surface area contributed by atoms with Crippen molar-refractivity contribution < 1.29 is 17.9 Å². The van der Waals surface area contributed by atoms with Crippen LogP contribution in [0.1, 0.15) is 23.6 Å². The molecule has 0 saturated heterocycles. The van der Waals surface area contributed by atoms with Crippen molar-refractivity contribution in [3.8, 4) is 5.75 Å². The maximum Gasteiger partial charge on any atom is 0.260 e. The molecule has 28 heavy (non-hydrogen) atoms. The zero-order chi connectivity index (χ0) is 20.9. The molecule has 2 rings (SSSR count). The molecular formula is C20H25N3O4S. The second-order valence-electron chi connectivity index (χ2n) is 6.52. The summed E-state index contributed by atoms with van der Waals surface area (Å²) in [5.41, 5.74) is 6.09. The van der Waals surface area contributed by atoms with E-state index in [-0.39, 0.29) is 6.54 Å². The first-order valence-electron chi connectivity index (χ1n) is 8.64. The van der Waals surface area contributed by atoms with Gasteiger partial charge in [0.05, 0.1) is 24.8 Å². The number of hydrogen-bond acceptors (Lipinski definition) is 5. The molecule has 2 aromatic carbocycles. The van der Waals surface area contributed by atoms with Crippen LogP contribution in [0.2, 0.25) is 0 Å². The SMILES string of the molecule is COc1ccc(/C(C)=N\NC(=O)CN(c2ccc(C)cc2C)S(C)(=O)=O)cc1. The van der Waals surface area contributed by atoms with Crippen molar-refractivity contribution in [3.05, 3.63) is 59.2 Å². The van der Waals surface area contributed by atoms with Gasteiger partial charge in [0.2, 0.25) is 10.0 Å². The molecule has 0 saturated carbocycles. The van der Waals surface area contributed by atoms with E-state index in [0.717, 1.165) is 33.0 Å². The molecule has 1 N–H and O–H groups in total. The largest absolute Gasteiger partial charge is 0.497 e. The molecule has 0 aliphatic carbocycles. The second kappa shape index (κ2) is 8.88. The van der Waals surface area contributed by atoms with Gasteiger partial charge < -0.3 is 4.74 Å². The molecule has 0 spiro atoms. The molecule has 0 radical (unpaired) electrons. The van der Waals surface area contributed by atoms with E-state index in [9.17, 15) is 13.2 Å². The van der Waals surface area contributed by atoms with Crippen molar-refractivity contribution >= 4 is 27.3 Å². The monoisotopic (exact) mass is 403 g/mol. The van der Waals surface area contributed by atoms with Crippen LogP contribution in [0, 0.1) is 13.8 Å². The normalized spacial score (nSPS) is 11.8. The van der Waals surface area contributed by atoms with Crippen LogP contribution in [0.5, 0.6) is 5.75 Å². The van der Waals surface area contributed by atoms with Gasteiger partial charge in [-0.15, -0.1) is 0 Å². The minimum Gasteiger partial charge on any atom is -0.497 e. The van der Waals surface area contributed by atoms with Crippen molar-refractivity contribution in [1.82, 2.24) is 5.43 Å². The quantitative estimate of drug-likeness (QED) is 0.569. The first-order valence-corrected chi connectivity index (χ1v) is 10.5. The molecule has 0 aliphatic heterocycles. The zero-order valence-electron chi connectivity index (χ0n) is 16.7. The highest BCUT2D eigenvalue weighted by Gasteiger charge is 2.22. The third-order valence-corrected chi connectivity index (χ3v) is 5.29. The molecule has 0 aliphatic rings.